The summed E-state index contributed by atoms with van der Waals surface area (Å²) in [6.07, 6.45) is 0.610. The smallest absolute Gasteiger partial charge is 0.240 e. The molecule has 0 aliphatic heterocycles. The molecule has 0 spiro atoms. The molecular weight excluding hydrogens is 292 g/mol. The summed E-state index contributed by atoms with van der Waals surface area (Å²) in [7, 11) is -1.90. The fraction of sp³-hybridized carbons (Fsp3) is 0.571. The van der Waals surface area contributed by atoms with E-state index in [1.165, 1.54) is 0 Å². The van der Waals surface area contributed by atoms with Crippen molar-refractivity contribution in [1.82, 2.24) is 4.72 Å². The average Bonchev–Trinajstić information content (AvgIpc) is 2.46. The molecule has 0 heterocycles. The second kappa shape index (κ2) is 9.11. The highest BCUT2D eigenvalue weighted by atomic mass is 32.2. The lowest BCUT2D eigenvalue weighted by Gasteiger charge is -2.11. The van der Waals surface area contributed by atoms with Crippen LogP contribution in [0.25, 0.3) is 0 Å². The zero-order valence-corrected chi connectivity index (χ0v) is 13.4. The number of ether oxygens (including phenoxy) is 2. The molecule has 0 fully saturated rings. The minimum Gasteiger partial charge on any atom is -0.382 e. The lowest BCUT2D eigenvalue weighted by atomic mass is 10.1. The van der Waals surface area contributed by atoms with Crippen molar-refractivity contribution in [2.45, 2.75) is 24.8 Å². The highest BCUT2D eigenvalue weighted by Crippen LogP contribution is 2.16. The van der Waals surface area contributed by atoms with Crippen LogP contribution in [0.3, 0.4) is 0 Å². The molecule has 0 radical (unpaired) electrons. The molecule has 1 aromatic carbocycles. The third kappa shape index (κ3) is 6.11. The second-order valence-corrected chi connectivity index (χ2v) is 6.40. The van der Waals surface area contributed by atoms with Gasteiger partial charge in [0.15, 0.2) is 0 Å². The molecular formula is C14H24N2O4S. The number of nitrogens with two attached hydrogens (primary N) is 1. The number of methoxy groups -OCH3 is 1. The standard InChI is InChI=1S/C14H24N2O4S/c1-12-4-5-13(11-15)10-14(12)21(17,18)16-6-3-7-20-9-8-19-2/h4-5,10,16H,3,6-9,11,15H2,1-2H3. The highest BCUT2D eigenvalue weighted by molar-refractivity contribution is 7.89. The first-order valence-corrected chi connectivity index (χ1v) is 8.35. The number of nitrogens with one attached hydrogen (secondary N) is 1. The van der Waals surface area contributed by atoms with E-state index in [1.807, 2.05) is 6.07 Å². The van der Waals surface area contributed by atoms with Gasteiger partial charge in [0.25, 0.3) is 0 Å². The van der Waals surface area contributed by atoms with Gasteiger partial charge in [-0.15, -0.1) is 0 Å². The minimum atomic E-state index is -3.51. The third-order valence-corrected chi connectivity index (χ3v) is 4.57. The van der Waals surface area contributed by atoms with Gasteiger partial charge in [0, 0.05) is 26.8 Å². The lowest BCUT2D eigenvalue weighted by molar-refractivity contribution is 0.0699. The summed E-state index contributed by atoms with van der Waals surface area (Å²) in [6, 6.07) is 5.22. The van der Waals surface area contributed by atoms with Gasteiger partial charge in [-0.3, -0.25) is 0 Å². The summed E-state index contributed by atoms with van der Waals surface area (Å²) in [5.74, 6) is 0. The average molecular weight is 316 g/mol. The SMILES string of the molecule is COCCOCCCNS(=O)(=O)c1cc(CN)ccc1C. The first-order chi connectivity index (χ1) is 10.0. The van der Waals surface area contributed by atoms with Gasteiger partial charge in [-0.1, -0.05) is 12.1 Å². The molecule has 0 aliphatic rings. The molecule has 0 aliphatic carbocycles. The van der Waals surface area contributed by atoms with E-state index in [0.717, 1.165) is 5.56 Å². The van der Waals surface area contributed by atoms with Crippen molar-refractivity contribution in [2.75, 3.05) is 33.5 Å². The molecule has 0 saturated carbocycles. The van der Waals surface area contributed by atoms with E-state index in [1.54, 1.807) is 26.2 Å². The van der Waals surface area contributed by atoms with Crippen LogP contribution in [0, 0.1) is 6.92 Å². The highest BCUT2D eigenvalue weighted by Gasteiger charge is 2.16. The Morgan fingerprint density at radius 3 is 2.67 bits per heavy atom. The number of sulfonamides is 1. The summed E-state index contributed by atoms with van der Waals surface area (Å²) in [5.41, 5.74) is 7.05. The molecule has 0 saturated heterocycles. The molecule has 120 valence electrons. The first kappa shape index (κ1) is 18.1. The predicted molar refractivity (Wildman–Crippen MR) is 81.6 cm³/mol. The van der Waals surface area contributed by atoms with Crippen molar-refractivity contribution < 1.29 is 17.9 Å². The van der Waals surface area contributed by atoms with E-state index in [0.29, 0.717) is 44.9 Å². The topological polar surface area (TPSA) is 90.6 Å². The van der Waals surface area contributed by atoms with E-state index in [-0.39, 0.29) is 4.90 Å². The number of hydrogen-bond acceptors (Lipinski definition) is 5. The maximum absolute atomic E-state index is 12.2. The maximum Gasteiger partial charge on any atom is 0.240 e. The minimum absolute atomic E-state index is 0.283. The predicted octanol–water partition coefficient (Wildman–Crippen LogP) is 0.785. The summed E-state index contributed by atoms with van der Waals surface area (Å²) in [6.45, 7) is 3.96. The van der Waals surface area contributed by atoms with Crippen LogP contribution >= 0.6 is 0 Å². The summed E-state index contributed by atoms with van der Waals surface area (Å²) >= 11 is 0. The summed E-state index contributed by atoms with van der Waals surface area (Å²) in [4.78, 5) is 0.283. The zero-order chi connectivity index (χ0) is 15.7. The number of hydrogen-bond donors (Lipinski definition) is 2. The molecule has 0 aromatic heterocycles. The van der Waals surface area contributed by atoms with Crippen molar-refractivity contribution in [3.05, 3.63) is 29.3 Å². The Labute approximate surface area is 126 Å². The monoisotopic (exact) mass is 316 g/mol. The fourth-order valence-corrected chi connectivity index (χ4v) is 3.13. The molecule has 0 bridgehead atoms. The quantitative estimate of drug-likeness (QED) is 0.623. The van der Waals surface area contributed by atoms with Crippen molar-refractivity contribution in [1.29, 1.82) is 0 Å². The van der Waals surface area contributed by atoms with Crippen LogP contribution in [-0.4, -0.2) is 41.9 Å². The number of aryl methyl sites for hydroxylation is 1. The fourth-order valence-electron chi connectivity index (χ4n) is 1.76. The Balaban J connectivity index is 2.50. The van der Waals surface area contributed by atoms with E-state index >= 15 is 0 Å². The molecule has 1 aromatic rings. The molecule has 6 nitrogen and oxygen atoms in total. The van der Waals surface area contributed by atoms with Gasteiger partial charge in [0.05, 0.1) is 18.1 Å². The molecule has 21 heavy (non-hydrogen) atoms. The van der Waals surface area contributed by atoms with E-state index < -0.39 is 10.0 Å². The van der Waals surface area contributed by atoms with Crippen molar-refractivity contribution in [3.8, 4) is 0 Å². The molecule has 1 rings (SSSR count). The van der Waals surface area contributed by atoms with E-state index in [2.05, 4.69) is 4.72 Å². The van der Waals surface area contributed by atoms with Crippen LogP contribution in [0.5, 0.6) is 0 Å². The largest absolute Gasteiger partial charge is 0.382 e. The molecule has 0 amide bonds. The van der Waals surface area contributed by atoms with Gasteiger partial charge < -0.3 is 15.2 Å². The van der Waals surface area contributed by atoms with Crippen molar-refractivity contribution in [3.63, 3.8) is 0 Å². The number of benzene rings is 1. The van der Waals surface area contributed by atoms with Crippen LogP contribution in [0.1, 0.15) is 17.5 Å². The Morgan fingerprint density at radius 2 is 2.00 bits per heavy atom. The molecule has 3 N–H and O–H groups in total. The Kier molecular flexibility index (Phi) is 7.84. The van der Waals surface area contributed by atoms with Gasteiger partial charge in [0.1, 0.15) is 0 Å². The Hall–Kier alpha value is -0.990. The van der Waals surface area contributed by atoms with Gasteiger partial charge in [-0.2, -0.15) is 0 Å². The van der Waals surface area contributed by atoms with Crippen molar-refractivity contribution >= 4 is 10.0 Å². The Morgan fingerprint density at radius 1 is 1.24 bits per heavy atom. The summed E-state index contributed by atoms with van der Waals surface area (Å²) < 4.78 is 37.2. The molecule has 0 unspecified atom stereocenters. The van der Waals surface area contributed by atoms with E-state index in [9.17, 15) is 8.42 Å². The van der Waals surface area contributed by atoms with Crippen LogP contribution in [0.15, 0.2) is 23.1 Å². The number of rotatable bonds is 10. The zero-order valence-electron chi connectivity index (χ0n) is 12.6. The van der Waals surface area contributed by atoms with E-state index in [4.69, 9.17) is 15.2 Å². The lowest BCUT2D eigenvalue weighted by Crippen LogP contribution is -2.26. The molecule has 0 atom stereocenters. The van der Waals surface area contributed by atoms with Gasteiger partial charge >= 0.3 is 0 Å². The van der Waals surface area contributed by atoms with Crippen LogP contribution in [-0.2, 0) is 26.0 Å². The van der Waals surface area contributed by atoms with Gasteiger partial charge in [0.2, 0.25) is 10.0 Å². The van der Waals surface area contributed by atoms with Crippen molar-refractivity contribution in [2.24, 2.45) is 5.73 Å². The Bertz CT molecular complexity index is 532. The third-order valence-electron chi connectivity index (χ3n) is 2.97. The van der Waals surface area contributed by atoms with Gasteiger partial charge in [-0.05, 0) is 30.5 Å². The van der Waals surface area contributed by atoms with Crippen LogP contribution in [0.2, 0.25) is 0 Å². The van der Waals surface area contributed by atoms with Crippen LogP contribution < -0.4 is 10.5 Å². The van der Waals surface area contributed by atoms with Gasteiger partial charge in [-0.25, -0.2) is 13.1 Å². The summed E-state index contributed by atoms with van der Waals surface area (Å²) in [5, 5.41) is 0. The van der Waals surface area contributed by atoms with Crippen LogP contribution in [0.4, 0.5) is 0 Å². The normalized spacial score (nSPS) is 11.8. The maximum atomic E-state index is 12.2. The first-order valence-electron chi connectivity index (χ1n) is 6.87. The second-order valence-electron chi connectivity index (χ2n) is 4.66. The molecule has 7 heteroatoms.